The lowest BCUT2D eigenvalue weighted by molar-refractivity contribution is -0.341. The molecule has 9 heteroatoms. The predicted molar refractivity (Wildman–Crippen MR) is 55.1 cm³/mol. The molecular formula is C9H15O8P-2. The number of hydrogen-bond donors (Lipinski definition) is 2. The van der Waals surface area contributed by atoms with Gasteiger partial charge in [0.25, 0.3) is 0 Å². The average Bonchev–Trinajstić information content (AvgIpc) is 2.23. The molecule has 2 atom stereocenters. The van der Waals surface area contributed by atoms with E-state index in [1.54, 1.807) is 0 Å². The van der Waals surface area contributed by atoms with Crippen LogP contribution < -0.4 is 9.79 Å². The maximum atomic E-state index is 11.1. The molecule has 0 amide bonds. The van der Waals surface area contributed by atoms with Crippen LogP contribution in [-0.2, 0) is 18.7 Å². The standard InChI is InChI=1S/C9H17O8P/c1-6(10)3-2-4-7(11)9(13)8(12)5-17-18(14,15)16/h7,9,11,13H,2-5H2,1H3,(H2,14,15,16)/p-2. The molecule has 0 aliphatic heterocycles. The SMILES string of the molecule is CC(=O)CCCC(O)C(O)C(=O)COP(=O)([O-])[O-]. The highest BCUT2D eigenvalue weighted by atomic mass is 31.2. The van der Waals surface area contributed by atoms with Gasteiger partial charge in [0.1, 0.15) is 18.5 Å². The summed E-state index contributed by atoms with van der Waals surface area (Å²) in [5, 5.41) is 18.7. The lowest BCUT2D eigenvalue weighted by atomic mass is 10.0. The Morgan fingerprint density at radius 3 is 2.33 bits per heavy atom. The normalized spacial score (nSPS) is 15.2. The monoisotopic (exact) mass is 282 g/mol. The first kappa shape index (κ1) is 17.4. The molecule has 106 valence electrons. The number of hydrogen-bond acceptors (Lipinski definition) is 8. The third-order valence-electron chi connectivity index (χ3n) is 2.09. The van der Waals surface area contributed by atoms with E-state index in [9.17, 15) is 34.2 Å². The second kappa shape index (κ2) is 7.73. The zero-order chi connectivity index (χ0) is 14.3. The minimum atomic E-state index is -5.28. The van der Waals surface area contributed by atoms with E-state index in [0.29, 0.717) is 0 Å². The number of aliphatic hydroxyl groups excluding tert-OH is 2. The van der Waals surface area contributed by atoms with Gasteiger partial charge in [0, 0.05) is 6.42 Å². The van der Waals surface area contributed by atoms with Crippen LogP contribution in [0.4, 0.5) is 0 Å². The second-order valence-electron chi connectivity index (χ2n) is 3.79. The Morgan fingerprint density at radius 2 is 1.89 bits per heavy atom. The third-order valence-corrected chi connectivity index (χ3v) is 2.53. The van der Waals surface area contributed by atoms with Gasteiger partial charge in [0.15, 0.2) is 5.78 Å². The summed E-state index contributed by atoms with van der Waals surface area (Å²) < 4.78 is 13.8. The molecule has 2 N–H and O–H groups in total. The van der Waals surface area contributed by atoms with Crippen LogP contribution in [0, 0.1) is 0 Å². The van der Waals surface area contributed by atoms with E-state index in [2.05, 4.69) is 4.52 Å². The van der Waals surface area contributed by atoms with Crippen molar-refractivity contribution in [3.8, 4) is 0 Å². The van der Waals surface area contributed by atoms with Crippen molar-refractivity contribution in [2.45, 2.75) is 38.4 Å². The molecule has 0 rings (SSSR count). The van der Waals surface area contributed by atoms with Gasteiger partial charge in [-0.25, -0.2) is 0 Å². The zero-order valence-corrected chi connectivity index (χ0v) is 10.7. The fraction of sp³-hybridized carbons (Fsp3) is 0.778. The Kier molecular flexibility index (Phi) is 7.46. The van der Waals surface area contributed by atoms with Crippen molar-refractivity contribution >= 4 is 19.4 Å². The van der Waals surface area contributed by atoms with E-state index in [-0.39, 0.29) is 25.0 Å². The summed E-state index contributed by atoms with van der Waals surface area (Å²) in [5.41, 5.74) is 0. The number of aliphatic hydroxyl groups is 2. The Hall–Kier alpha value is -0.630. The molecule has 0 radical (unpaired) electrons. The van der Waals surface area contributed by atoms with Crippen LogP contribution in [0.1, 0.15) is 26.2 Å². The van der Waals surface area contributed by atoms with Gasteiger partial charge in [-0.3, -0.25) is 4.79 Å². The summed E-state index contributed by atoms with van der Waals surface area (Å²) >= 11 is 0. The van der Waals surface area contributed by atoms with E-state index in [0.717, 1.165) is 0 Å². The summed E-state index contributed by atoms with van der Waals surface area (Å²) in [6.45, 7) is 0.247. The average molecular weight is 282 g/mol. The third kappa shape index (κ3) is 8.46. The van der Waals surface area contributed by atoms with Crippen LogP contribution in [0.2, 0.25) is 0 Å². The van der Waals surface area contributed by atoms with E-state index in [4.69, 9.17) is 0 Å². The summed E-state index contributed by atoms with van der Waals surface area (Å²) in [4.78, 5) is 41.9. The lowest BCUT2D eigenvalue weighted by Crippen LogP contribution is -2.37. The van der Waals surface area contributed by atoms with Crippen LogP contribution >= 0.6 is 7.82 Å². The van der Waals surface area contributed by atoms with Crippen molar-refractivity contribution in [2.24, 2.45) is 0 Å². The Bertz CT molecular complexity index is 335. The van der Waals surface area contributed by atoms with E-state index < -0.39 is 32.4 Å². The minimum absolute atomic E-state index is 0.00109. The maximum Gasteiger partial charge on any atom is 0.189 e. The van der Waals surface area contributed by atoms with Gasteiger partial charge in [-0.05, 0) is 19.8 Å². The fourth-order valence-electron chi connectivity index (χ4n) is 1.16. The van der Waals surface area contributed by atoms with Crippen molar-refractivity contribution < 1.29 is 38.7 Å². The van der Waals surface area contributed by atoms with Crippen molar-refractivity contribution in [2.75, 3.05) is 6.61 Å². The summed E-state index contributed by atoms with van der Waals surface area (Å²) in [7, 11) is -5.28. The number of carbonyl (C=O) groups is 2. The second-order valence-corrected chi connectivity index (χ2v) is 4.95. The summed E-state index contributed by atoms with van der Waals surface area (Å²) in [6, 6.07) is 0. The first-order chi connectivity index (χ1) is 8.13. The molecule has 0 aromatic heterocycles. The molecule has 0 heterocycles. The highest BCUT2D eigenvalue weighted by molar-refractivity contribution is 7.43. The highest BCUT2D eigenvalue weighted by Gasteiger charge is 2.24. The molecule has 0 aromatic rings. The van der Waals surface area contributed by atoms with Gasteiger partial charge in [0.05, 0.1) is 13.9 Å². The Labute approximate surface area is 104 Å². The molecule has 0 spiro atoms. The summed E-state index contributed by atoms with van der Waals surface area (Å²) in [6.07, 6.45) is -2.80. The smallest absolute Gasteiger partial charge is 0.189 e. The first-order valence-electron chi connectivity index (χ1n) is 5.18. The first-order valence-corrected chi connectivity index (χ1v) is 6.64. The molecule has 8 nitrogen and oxygen atoms in total. The largest absolute Gasteiger partial charge is 0.790 e. The molecule has 0 saturated heterocycles. The van der Waals surface area contributed by atoms with Crippen molar-refractivity contribution in [3.05, 3.63) is 0 Å². The Balaban J connectivity index is 4.04. The number of ketones is 2. The van der Waals surface area contributed by atoms with Crippen molar-refractivity contribution in [1.29, 1.82) is 0 Å². The molecule has 0 aliphatic rings. The molecule has 18 heavy (non-hydrogen) atoms. The van der Waals surface area contributed by atoms with E-state index in [1.165, 1.54) is 6.92 Å². The van der Waals surface area contributed by atoms with Crippen LogP contribution in [0.3, 0.4) is 0 Å². The number of phosphoric ester groups is 1. The van der Waals surface area contributed by atoms with Crippen molar-refractivity contribution in [1.82, 2.24) is 0 Å². The van der Waals surface area contributed by atoms with Gasteiger partial charge in [-0.15, -0.1) is 0 Å². The molecule has 0 fully saturated rings. The number of phosphoric acid groups is 1. The van der Waals surface area contributed by atoms with E-state index in [1.807, 2.05) is 0 Å². The van der Waals surface area contributed by atoms with Gasteiger partial charge in [0.2, 0.25) is 0 Å². The van der Waals surface area contributed by atoms with Crippen molar-refractivity contribution in [3.63, 3.8) is 0 Å². The van der Waals surface area contributed by atoms with Gasteiger partial charge >= 0.3 is 0 Å². The Morgan fingerprint density at radius 1 is 1.33 bits per heavy atom. The molecule has 0 bridgehead atoms. The predicted octanol–water partition coefficient (Wildman–Crippen LogP) is -2.12. The molecule has 2 unspecified atom stereocenters. The van der Waals surface area contributed by atoms with Gasteiger partial charge in [-0.1, -0.05) is 0 Å². The molecular weight excluding hydrogens is 267 g/mol. The topological polar surface area (TPSA) is 147 Å². The minimum Gasteiger partial charge on any atom is -0.790 e. The highest BCUT2D eigenvalue weighted by Crippen LogP contribution is 2.24. The number of carbonyl (C=O) groups excluding carboxylic acids is 2. The lowest BCUT2D eigenvalue weighted by Gasteiger charge is -2.28. The number of rotatable bonds is 9. The van der Waals surface area contributed by atoms with Crippen LogP contribution in [0.5, 0.6) is 0 Å². The molecule has 0 aliphatic carbocycles. The van der Waals surface area contributed by atoms with Crippen LogP contribution in [0.15, 0.2) is 0 Å². The van der Waals surface area contributed by atoms with E-state index >= 15 is 0 Å². The van der Waals surface area contributed by atoms with Crippen LogP contribution in [0.25, 0.3) is 0 Å². The fourth-order valence-corrected chi connectivity index (χ4v) is 1.45. The maximum absolute atomic E-state index is 11.1. The quantitative estimate of drug-likeness (QED) is 0.456. The van der Waals surface area contributed by atoms with Gasteiger partial charge < -0.3 is 33.9 Å². The van der Waals surface area contributed by atoms with Gasteiger partial charge in [-0.2, -0.15) is 0 Å². The van der Waals surface area contributed by atoms with Crippen LogP contribution in [-0.4, -0.2) is 40.6 Å². The molecule has 0 saturated carbocycles. The molecule has 0 aromatic carbocycles. The summed E-state index contributed by atoms with van der Waals surface area (Å²) in [5.74, 6) is -1.21. The zero-order valence-electron chi connectivity index (χ0n) is 9.77. The number of Topliss-reactive ketones (excluding diaryl/α,β-unsaturated/α-hetero) is 2.